The van der Waals surface area contributed by atoms with Crippen LogP contribution in [0.25, 0.3) is 11.5 Å². The molecule has 2 N–H and O–H groups in total. The van der Waals surface area contributed by atoms with Crippen molar-refractivity contribution in [3.05, 3.63) is 20.6 Å². The van der Waals surface area contributed by atoms with Crippen LogP contribution in [-0.4, -0.2) is 15.0 Å². The Hall–Kier alpha value is -1.01. The van der Waals surface area contributed by atoms with Gasteiger partial charge in [0.05, 0.1) is 15.2 Å². The zero-order valence-electron chi connectivity index (χ0n) is 13.1. The number of nitrogen functional groups attached to an aromatic ring is 1. The monoisotopic (exact) mass is 368 g/mol. The molecule has 2 aromatic heterocycles. The largest absolute Gasteiger partial charge is 0.383 e. The quantitative estimate of drug-likeness (QED) is 0.869. The minimum atomic E-state index is 0.0323. The molecule has 0 amide bonds. The number of hydrogen-bond donors (Lipinski definition) is 1. The zero-order chi connectivity index (χ0) is 15.8. The smallest absolute Gasteiger partial charge is 0.181 e. The summed E-state index contributed by atoms with van der Waals surface area (Å²) in [6, 6.07) is 0. The van der Waals surface area contributed by atoms with Crippen molar-refractivity contribution in [1.29, 1.82) is 0 Å². The lowest BCUT2D eigenvalue weighted by molar-refractivity contribution is 0.585. The highest BCUT2D eigenvalue weighted by Gasteiger charge is 2.20. The van der Waals surface area contributed by atoms with Gasteiger partial charge in [-0.25, -0.2) is 15.0 Å². The fourth-order valence-corrected chi connectivity index (χ4v) is 3.10. The van der Waals surface area contributed by atoms with E-state index < -0.39 is 0 Å². The van der Waals surface area contributed by atoms with Gasteiger partial charge in [0.1, 0.15) is 11.5 Å². The summed E-state index contributed by atoms with van der Waals surface area (Å²) in [6.45, 7) is 10.8. The van der Waals surface area contributed by atoms with Gasteiger partial charge in [-0.2, -0.15) is 0 Å². The molecule has 0 fully saturated rings. The average Bonchev–Trinajstić information content (AvgIpc) is 2.83. The normalized spacial score (nSPS) is 12.1. The fourth-order valence-electron chi connectivity index (χ4n) is 1.87. The average molecular weight is 369 g/mol. The van der Waals surface area contributed by atoms with E-state index in [1.807, 2.05) is 5.38 Å². The van der Waals surface area contributed by atoms with E-state index in [4.69, 9.17) is 5.73 Å². The van der Waals surface area contributed by atoms with E-state index in [1.54, 1.807) is 11.3 Å². The Kier molecular flexibility index (Phi) is 4.68. The number of aromatic nitrogens is 3. The first-order valence-electron chi connectivity index (χ1n) is 6.96. The second-order valence-electron chi connectivity index (χ2n) is 6.58. The lowest BCUT2D eigenvalue weighted by Gasteiger charge is -2.13. The highest BCUT2D eigenvalue weighted by molar-refractivity contribution is 9.10. The first kappa shape index (κ1) is 16.4. The van der Waals surface area contributed by atoms with Gasteiger partial charge in [0, 0.05) is 10.8 Å². The minimum absolute atomic E-state index is 0.0323. The van der Waals surface area contributed by atoms with Crippen LogP contribution in [0.4, 0.5) is 5.82 Å². The predicted molar refractivity (Wildman–Crippen MR) is 92.5 cm³/mol. The van der Waals surface area contributed by atoms with Gasteiger partial charge in [-0.3, -0.25) is 0 Å². The molecule has 0 spiro atoms. The van der Waals surface area contributed by atoms with E-state index in [1.165, 1.54) is 0 Å². The van der Waals surface area contributed by atoms with Crippen LogP contribution in [0.1, 0.15) is 45.3 Å². The maximum Gasteiger partial charge on any atom is 0.181 e. The molecule has 0 unspecified atom stereocenters. The Morgan fingerprint density at radius 1 is 1.24 bits per heavy atom. The van der Waals surface area contributed by atoms with Gasteiger partial charge in [-0.15, -0.1) is 11.3 Å². The molecule has 0 bridgehead atoms. The Balaban J connectivity index is 2.44. The summed E-state index contributed by atoms with van der Waals surface area (Å²) in [4.78, 5) is 13.7. The third kappa shape index (κ3) is 3.80. The maximum atomic E-state index is 6.00. The molecule has 0 aliphatic carbocycles. The summed E-state index contributed by atoms with van der Waals surface area (Å²) in [5.74, 6) is 1.59. The van der Waals surface area contributed by atoms with Crippen molar-refractivity contribution in [1.82, 2.24) is 15.0 Å². The molecule has 2 aromatic rings. The van der Waals surface area contributed by atoms with Crippen LogP contribution < -0.4 is 5.73 Å². The van der Waals surface area contributed by atoms with Crippen LogP contribution in [-0.2, 0) is 11.8 Å². The van der Waals surface area contributed by atoms with Crippen molar-refractivity contribution in [2.45, 2.75) is 46.5 Å². The van der Waals surface area contributed by atoms with Crippen molar-refractivity contribution in [3.8, 4) is 11.5 Å². The third-order valence-electron chi connectivity index (χ3n) is 2.92. The van der Waals surface area contributed by atoms with Crippen molar-refractivity contribution >= 4 is 33.1 Å². The number of nitrogens with zero attached hydrogens (tertiary/aromatic N) is 3. The van der Waals surface area contributed by atoms with Crippen LogP contribution in [0, 0.1) is 5.92 Å². The van der Waals surface area contributed by atoms with Crippen LogP contribution in [0.2, 0.25) is 0 Å². The van der Waals surface area contributed by atoms with E-state index in [0.29, 0.717) is 17.6 Å². The molecule has 0 aliphatic heterocycles. The Bertz CT molecular complexity index is 644. The van der Waals surface area contributed by atoms with Gasteiger partial charge in [-0.05, 0) is 28.3 Å². The van der Waals surface area contributed by atoms with Crippen molar-refractivity contribution < 1.29 is 0 Å². The zero-order valence-corrected chi connectivity index (χ0v) is 15.5. The number of halogens is 1. The molecular formula is C15H21BrN4S. The molecule has 2 heterocycles. The first-order valence-corrected chi connectivity index (χ1v) is 8.64. The summed E-state index contributed by atoms with van der Waals surface area (Å²) in [6.07, 6.45) is 0.858. The van der Waals surface area contributed by atoms with Crippen LogP contribution >= 0.6 is 27.3 Å². The van der Waals surface area contributed by atoms with Gasteiger partial charge in [0.25, 0.3) is 0 Å². The summed E-state index contributed by atoms with van der Waals surface area (Å²) in [5, 5.41) is 3.08. The number of rotatable bonds is 3. The van der Waals surface area contributed by atoms with Crippen molar-refractivity contribution in [2.24, 2.45) is 5.92 Å². The van der Waals surface area contributed by atoms with Gasteiger partial charge >= 0.3 is 0 Å². The standard InChI is InChI=1S/C15H21BrN4S/c1-8(2)6-9-11(16)12(17)20-13(18-9)10-7-21-14(19-10)15(3,4)5/h7-8H,6H2,1-5H3,(H2,17,18,20). The fraction of sp³-hybridized carbons (Fsp3) is 0.533. The lowest BCUT2D eigenvalue weighted by Crippen LogP contribution is -2.10. The van der Waals surface area contributed by atoms with Gasteiger partial charge < -0.3 is 5.73 Å². The van der Waals surface area contributed by atoms with Crippen LogP contribution in [0.5, 0.6) is 0 Å². The topological polar surface area (TPSA) is 64.7 Å². The molecule has 2 rings (SSSR count). The molecule has 6 heteroatoms. The van der Waals surface area contributed by atoms with Crippen LogP contribution in [0.3, 0.4) is 0 Å². The Morgan fingerprint density at radius 3 is 2.43 bits per heavy atom. The molecule has 0 saturated heterocycles. The molecule has 0 aliphatic rings. The van der Waals surface area contributed by atoms with Gasteiger partial charge in [0.2, 0.25) is 0 Å². The van der Waals surface area contributed by atoms with E-state index >= 15 is 0 Å². The predicted octanol–water partition coefficient (Wildman–Crippen LogP) is 4.44. The molecule has 114 valence electrons. The molecule has 0 atom stereocenters. The molecule has 0 radical (unpaired) electrons. The molecular weight excluding hydrogens is 348 g/mol. The summed E-state index contributed by atoms with van der Waals surface area (Å²) >= 11 is 5.12. The second kappa shape index (κ2) is 6.01. The molecule has 0 saturated carbocycles. The highest BCUT2D eigenvalue weighted by atomic mass is 79.9. The van der Waals surface area contributed by atoms with Crippen molar-refractivity contribution in [2.75, 3.05) is 5.73 Å². The summed E-state index contributed by atoms with van der Waals surface area (Å²) in [5.41, 5.74) is 7.78. The summed E-state index contributed by atoms with van der Waals surface area (Å²) < 4.78 is 0.797. The van der Waals surface area contributed by atoms with Gasteiger partial charge in [0.15, 0.2) is 5.82 Å². The first-order chi connectivity index (χ1) is 9.68. The Labute approximate surface area is 138 Å². The number of thiazole rings is 1. The molecule has 21 heavy (non-hydrogen) atoms. The Morgan fingerprint density at radius 2 is 1.90 bits per heavy atom. The SMILES string of the molecule is CC(C)Cc1nc(-c2csc(C(C)(C)C)n2)nc(N)c1Br. The maximum absolute atomic E-state index is 6.00. The third-order valence-corrected chi connectivity index (χ3v) is 5.05. The van der Waals surface area contributed by atoms with Crippen molar-refractivity contribution in [3.63, 3.8) is 0 Å². The van der Waals surface area contributed by atoms with Crippen LogP contribution in [0.15, 0.2) is 9.85 Å². The minimum Gasteiger partial charge on any atom is -0.383 e. The molecule has 0 aromatic carbocycles. The summed E-state index contributed by atoms with van der Waals surface area (Å²) in [7, 11) is 0. The number of nitrogens with two attached hydrogens (primary N) is 1. The van der Waals surface area contributed by atoms with E-state index in [-0.39, 0.29) is 5.41 Å². The number of anilines is 1. The number of hydrogen-bond acceptors (Lipinski definition) is 5. The van der Waals surface area contributed by atoms with E-state index in [9.17, 15) is 0 Å². The van der Waals surface area contributed by atoms with Gasteiger partial charge in [-0.1, -0.05) is 34.6 Å². The molecule has 4 nitrogen and oxygen atoms in total. The second-order valence-corrected chi connectivity index (χ2v) is 8.23. The van der Waals surface area contributed by atoms with E-state index in [2.05, 4.69) is 65.5 Å². The van der Waals surface area contributed by atoms with E-state index in [0.717, 1.165) is 27.3 Å². The highest BCUT2D eigenvalue weighted by Crippen LogP contribution is 2.31. The lowest BCUT2D eigenvalue weighted by atomic mass is 9.98.